The molecule has 0 aliphatic heterocycles. The van der Waals surface area contributed by atoms with Crippen LogP contribution in [-0.4, -0.2) is 20.3 Å². The normalized spacial score (nSPS) is 12.5. The van der Waals surface area contributed by atoms with Crippen LogP contribution in [0.4, 0.5) is 4.39 Å². The van der Waals surface area contributed by atoms with Crippen molar-refractivity contribution in [2.75, 3.05) is 20.3 Å². The van der Waals surface area contributed by atoms with E-state index in [0.717, 1.165) is 5.56 Å². The summed E-state index contributed by atoms with van der Waals surface area (Å²) in [5.41, 5.74) is 6.53. The zero-order chi connectivity index (χ0) is 11.3. The van der Waals surface area contributed by atoms with Crippen LogP contribution in [-0.2, 0) is 4.74 Å². The molecule has 0 aromatic heterocycles. The average molecular weight is 213 g/mol. The van der Waals surface area contributed by atoms with E-state index in [9.17, 15) is 4.39 Å². The Morgan fingerprint density at radius 3 is 2.73 bits per heavy atom. The quantitative estimate of drug-likeness (QED) is 0.759. The molecule has 0 saturated heterocycles. The molecule has 0 aliphatic carbocycles. The van der Waals surface area contributed by atoms with E-state index in [1.165, 1.54) is 12.1 Å². The molecule has 1 aromatic carbocycles. The molecule has 0 radical (unpaired) electrons. The van der Waals surface area contributed by atoms with Gasteiger partial charge in [0.2, 0.25) is 0 Å². The Morgan fingerprint density at radius 1 is 1.40 bits per heavy atom. The summed E-state index contributed by atoms with van der Waals surface area (Å²) in [5, 5.41) is 0. The highest BCUT2D eigenvalue weighted by Gasteiger charge is 2.09. The number of halogens is 1. The van der Waals surface area contributed by atoms with Crippen LogP contribution in [0.5, 0.6) is 5.75 Å². The minimum absolute atomic E-state index is 0.178. The molecule has 4 heteroatoms. The second-order valence-corrected chi connectivity index (χ2v) is 3.31. The van der Waals surface area contributed by atoms with Gasteiger partial charge < -0.3 is 15.2 Å². The van der Waals surface area contributed by atoms with Gasteiger partial charge >= 0.3 is 0 Å². The van der Waals surface area contributed by atoms with Crippen LogP contribution in [0.2, 0.25) is 0 Å². The predicted molar refractivity (Wildman–Crippen MR) is 56.4 cm³/mol. The van der Waals surface area contributed by atoms with E-state index in [2.05, 4.69) is 0 Å². The Kier molecular flexibility index (Phi) is 4.52. The summed E-state index contributed by atoms with van der Waals surface area (Å²) in [6, 6.07) is 4.18. The summed E-state index contributed by atoms with van der Waals surface area (Å²) in [7, 11) is 1.58. The molecule has 2 N–H and O–H groups in total. The van der Waals surface area contributed by atoms with Crippen LogP contribution in [0.15, 0.2) is 18.2 Å². The molecular weight excluding hydrogens is 197 g/mol. The standard InChI is InChI=1S/C11H16FNO2/c1-8(13)10-4-3-9(12)7-11(10)15-6-5-14-2/h3-4,7-8H,5-6,13H2,1-2H3. The molecule has 0 amide bonds. The molecule has 15 heavy (non-hydrogen) atoms. The molecule has 1 rings (SSSR count). The number of rotatable bonds is 5. The third-order valence-corrected chi connectivity index (χ3v) is 2.01. The minimum atomic E-state index is -0.327. The largest absolute Gasteiger partial charge is 0.491 e. The topological polar surface area (TPSA) is 44.5 Å². The fourth-order valence-corrected chi connectivity index (χ4v) is 1.24. The van der Waals surface area contributed by atoms with Crippen molar-refractivity contribution in [3.05, 3.63) is 29.6 Å². The maximum atomic E-state index is 13.0. The Labute approximate surface area is 89.0 Å². The second-order valence-electron chi connectivity index (χ2n) is 3.31. The summed E-state index contributed by atoms with van der Waals surface area (Å²) in [6.07, 6.45) is 0. The molecular formula is C11H16FNO2. The predicted octanol–water partition coefficient (Wildman–Crippen LogP) is 1.87. The van der Waals surface area contributed by atoms with Crippen LogP contribution in [0.1, 0.15) is 18.5 Å². The summed E-state index contributed by atoms with van der Waals surface area (Å²) >= 11 is 0. The first-order valence-electron chi connectivity index (χ1n) is 4.82. The van der Waals surface area contributed by atoms with Gasteiger partial charge in [-0.3, -0.25) is 0 Å². The molecule has 0 saturated carbocycles. The highest BCUT2D eigenvalue weighted by Crippen LogP contribution is 2.24. The van der Waals surface area contributed by atoms with Gasteiger partial charge in [-0.05, 0) is 13.0 Å². The fourth-order valence-electron chi connectivity index (χ4n) is 1.24. The molecule has 1 aromatic rings. The van der Waals surface area contributed by atoms with Crippen LogP contribution in [0.25, 0.3) is 0 Å². The molecule has 84 valence electrons. The van der Waals surface area contributed by atoms with Gasteiger partial charge in [0.15, 0.2) is 0 Å². The van der Waals surface area contributed by atoms with Crippen molar-refractivity contribution in [3.8, 4) is 5.75 Å². The van der Waals surface area contributed by atoms with Gasteiger partial charge in [-0.15, -0.1) is 0 Å². The smallest absolute Gasteiger partial charge is 0.127 e. The Hall–Kier alpha value is -1.13. The first-order valence-corrected chi connectivity index (χ1v) is 4.82. The highest BCUT2D eigenvalue weighted by atomic mass is 19.1. The molecule has 1 atom stereocenters. The van der Waals surface area contributed by atoms with Crippen molar-refractivity contribution in [3.63, 3.8) is 0 Å². The molecule has 0 heterocycles. The van der Waals surface area contributed by atoms with E-state index in [4.69, 9.17) is 15.2 Å². The van der Waals surface area contributed by atoms with Gasteiger partial charge in [0.1, 0.15) is 18.2 Å². The summed E-state index contributed by atoms with van der Waals surface area (Å²) < 4.78 is 23.2. The Balaban J connectivity index is 2.77. The number of nitrogens with two attached hydrogens (primary N) is 1. The Bertz CT molecular complexity index is 315. The van der Waals surface area contributed by atoms with Crippen molar-refractivity contribution in [2.45, 2.75) is 13.0 Å². The molecule has 0 bridgehead atoms. The molecule has 0 spiro atoms. The number of hydrogen-bond acceptors (Lipinski definition) is 3. The zero-order valence-corrected chi connectivity index (χ0v) is 9.00. The summed E-state index contributed by atoms with van der Waals surface area (Å²) in [4.78, 5) is 0. The van der Waals surface area contributed by atoms with Gasteiger partial charge in [-0.25, -0.2) is 4.39 Å². The van der Waals surface area contributed by atoms with Crippen LogP contribution in [0.3, 0.4) is 0 Å². The van der Waals surface area contributed by atoms with E-state index in [1.807, 2.05) is 6.92 Å². The van der Waals surface area contributed by atoms with Crippen LogP contribution >= 0.6 is 0 Å². The first kappa shape index (κ1) is 11.9. The number of ether oxygens (including phenoxy) is 2. The third-order valence-electron chi connectivity index (χ3n) is 2.01. The SMILES string of the molecule is COCCOc1cc(F)ccc1C(C)N. The lowest BCUT2D eigenvalue weighted by molar-refractivity contribution is 0.145. The highest BCUT2D eigenvalue weighted by molar-refractivity contribution is 5.36. The van der Waals surface area contributed by atoms with Gasteiger partial charge in [-0.1, -0.05) is 6.07 Å². The summed E-state index contributed by atoms with van der Waals surface area (Å²) in [5.74, 6) is 0.161. The van der Waals surface area contributed by atoms with Crippen molar-refractivity contribution < 1.29 is 13.9 Å². The number of hydrogen-bond donors (Lipinski definition) is 1. The molecule has 0 fully saturated rings. The van der Waals surface area contributed by atoms with Crippen molar-refractivity contribution in [2.24, 2.45) is 5.73 Å². The van der Waals surface area contributed by atoms with Gasteiger partial charge in [0.05, 0.1) is 6.61 Å². The van der Waals surface area contributed by atoms with Crippen molar-refractivity contribution in [1.82, 2.24) is 0 Å². The lowest BCUT2D eigenvalue weighted by Gasteiger charge is -2.13. The van der Waals surface area contributed by atoms with Gasteiger partial charge in [0, 0.05) is 24.8 Å². The van der Waals surface area contributed by atoms with Gasteiger partial charge in [-0.2, -0.15) is 0 Å². The lowest BCUT2D eigenvalue weighted by Crippen LogP contribution is -2.11. The average Bonchev–Trinajstić information content (AvgIpc) is 2.18. The Morgan fingerprint density at radius 2 is 2.13 bits per heavy atom. The monoisotopic (exact) mass is 213 g/mol. The van der Waals surface area contributed by atoms with E-state index >= 15 is 0 Å². The number of methoxy groups -OCH3 is 1. The first-order chi connectivity index (χ1) is 7.15. The van der Waals surface area contributed by atoms with Crippen LogP contribution < -0.4 is 10.5 Å². The van der Waals surface area contributed by atoms with Crippen molar-refractivity contribution in [1.29, 1.82) is 0 Å². The fraction of sp³-hybridized carbons (Fsp3) is 0.455. The maximum Gasteiger partial charge on any atom is 0.127 e. The second kappa shape index (κ2) is 5.68. The van der Waals surface area contributed by atoms with E-state index in [1.54, 1.807) is 13.2 Å². The van der Waals surface area contributed by atoms with E-state index in [-0.39, 0.29) is 11.9 Å². The van der Waals surface area contributed by atoms with E-state index < -0.39 is 0 Å². The molecule has 0 aliphatic rings. The molecule has 3 nitrogen and oxygen atoms in total. The maximum absolute atomic E-state index is 13.0. The lowest BCUT2D eigenvalue weighted by atomic mass is 10.1. The van der Waals surface area contributed by atoms with E-state index in [0.29, 0.717) is 19.0 Å². The van der Waals surface area contributed by atoms with Crippen molar-refractivity contribution >= 4 is 0 Å². The number of benzene rings is 1. The third kappa shape index (κ3) is 3.49. The van der Waals surface area contributed by atoms with Gasteiger partial charge in [0.25, 0.3) is 0 Å². The van der Waals surface area contributed by atoms with Crippen LogP contribution in [0, 0.1) is 5.82 Å². The molecule has 1 unspecified atom stereocenters. The minimum Gasteiger partial charge on any atom is -0.491 e. The zero-order valence-electron chi connectivity index (χ0n) is 9.00. The summed E-state index contributed by atoms with van der Waals surface area (Å²) in [6.45, 7) is 2.69.